The lowest BCUT2D eigenvalue weighted by Crippen LogP contribution is -2.68. The molecule has 0 bridgehead atoms. The summed E-state index contributed by atoms with van der Waals surface area (Å²) in [7, 11) is 1.60. The third-order valence-electron chi connectivity index (χ3n) is 7.46. The second-order valence-electron chi connectivity index (χ2n) is 9.77. The summed E-state index contributed by atoms with van der Waals surface area (Å²) in [5, 5.41) is 14.2. The Hall–Kier alpha value is -4.44. The molecule has 0 aliphatic carbocycles. The highest BCUT2D eigenvalue weighted by Gasteiger charge is 2.55. The van der Waals surface area contributed by atoms with Crippen LogP contribution in [-0.2, 0) is 5.41 Å². The highest BCUT2D eigenvalue weighted by Crippen LogP contribution is 2.49. The molecule has 1 atom stereocenters. The zero-order valence-corrected chi connectivity index (χ0v) is 20.6. The third kappa shape index (κ3) is 3.84. The predicted molar refractivity (Wildman–Crippen MR) is 139 cm³/mol. The largest absolute Gasteiger partial charge is 0.497 e. The number of hydrogen-bond donors (Lipinski definition) is 3. The minimum Gasteiger partial charge on any atom is -0.497 e. The number of methoxy groups -OCH3 is 1. The number of pyridine rings is 1. The monoisotopic (exact) mass is 515 g/mol. The Morgan fingerprint density at radius 3 is 2.66 bits per heavy atom. The van der Waals surface area contributed by atoms with Gasteiger partial charge >= 0.3 is 6.03 Å². The summed E-state index contributed by atoms with van der Waals surface area (Å²) < 4.78 is 19.0. The van der Waals surface area contributed by atoms with Gasteiger partial charge in [0.25, 0.3) is 5.91 Å². The highest BCUT2D eigenvalue weighted by atomic mass is 19.1. The van der Waals surface area contributed by atoms with E-state index in [-0.39, 0.29) is 18.5 Å². The van der Waals surface area contributed by atoms with E-state index in [0.29, 0.717) is 36.6 Å². The number of carbonyl (C=O) groups excluding carboxylic acids is 2. The number of rotatable bonds is 4. The van der Waals surface area contributed by atoms with Crippen molar-refractivity contribution >= 4 is 28.5 Å². The van der Waals surface area contributed by atoms with E-state index in [4.69, 9.17) is 4.74 Å². The molecule has 2 aliphatic heterocycles. The van der Waals surface area contributed by atoms with Crippen molar-refractivity contribution in [1.82, 2.24) is 19.8 Å². The lowest BCUT2D eigenvalue weighted by molar-refractivity contribution is 0.0159. The number of likely N-dealkylation sites (tertiary alicyclic amines) is 1. The normalized spacial score (nSPS) is 17.7. The average molecular weight is 516 g/mol. The minimum atomic E-state index is -0.593. The number of aliphatic hydroxyl groups excluding tert-OH is 1. The number of nitrogens with one attached hydrogen (secondary N) is 2. The molecule has 38 heavy (non-hydrogen) atoms. The number of aliphatic hydroxyl groups is 1. The standard InChI is InChI=1S/C28H26FN5O4/c1-38-20-5-6-21-22(12-20)32-25-23(13-35)34(26(36)17-7-9-30-10-8-17)16-28(24(21)25)14-33(15-28)27(37)31-19-4-2-3-18(29)11-19/h2-12,23,32,35H,13-16H2,1H3,(H,31,37)/t23-/m0/s1. The molecule has 3 amide bonds. The number of nitrogens with zero attached hydrogens (tertiary/aromatic N) is 3. The summed E-state index contributed by atoms with van der Waals surface area (Å²) in [5.74, 6) is 0.0184. The van der Waals surface area contributed by atoms with Gasteiger partial charge in [-0.3, -0.25) is 9.78 Å². The van der Waals surface area contributed by atoms with E-state index in [2.05, 4.69) is 15.3 Å². The van der Waals surface area contributed by atoms with Gasteiger partial charge in [-0.1, -0.05) is 6.07 Å². The molecule has 4 aromatic rings. The number of aromatic amines is 1. The smallest absolute Gasteiger partial charge is 0.321 e. The molecule has 3 N–H and O–H groups in total. The molecule has 0 radical (unpaired) electrons. The van der Waals surface area contributed by atoms with Crippen LogP contribution < -0.4 is 10.1 Å². The SMILES string of the molecule is COc1ccc2c3c([nH]c2c1)[C@H](CO)N(C(=O)c1ccncc1)CC31CN(C(=O)Nc2cccc(F)c2)C1. The number of halogens is 1. The van der Waals surface area contributed by atoms with Crippen LogP contribution in [0.1, 0.15) is 27.7 Å². The van der Waals surface area contributed by atoms with Gasteiger partial charge in [0.2, 0.25) is 0 Å². The lowest BCUT2D eigenvalue weighted by atomic mass is 9.68. The average Bonchev–Trinajstić information content (AvgIpc) is 3.30. The van der Waals surface area contributed by atoms with Crippen molar-refractivity contribution in [3.8, 4) is 5.75 Å². The van der Waals surface area contributed by atoms with Crippen LogP contribution in [0.5, 0.6) is 5.75 Å². The summed E-state index contributed by atoms with van der Waals surface area (Å²) >= 11 is 0. The van der Waals surface area contributed by atoms with Crippen LogP contribution >= 0.6 is 0 Å². The van der Waals surface area contributed by atoms with E-state index in [1.807, 2.05) is 18.2 Å². The molecule has 2 aromatic heterocycles. The molecule has 2 aromatic carbocycles. The Bertz CT molecular complexity index is 1530. The number of hydrogen-bond acceptors (Lipinski definition) is 5. The fourth-order valence-electron chi connectivity index (χ4n) is 5.74. The van der Waals surface area contributed by atoms with Gasteiger partial charge in [-0.25, -0.2) is 9.18 Å². The molecular formula is C28H26FN5O4. The zero-order chi connectivity index (χ0) is 26.4. The van der Waals surface area contributed by atoms with Crippen LogP contribution in [0.4, 0.5) is 14.9 Å². The van der Waals surface area contributed by atoms with Crippen LogP contribution in [0.3, 0.4) is 0 Å². The molecule has 2 aliphatic rings. The molecule has 9 nitrogen and oxygen atoms in total. The quantitative estimate of drug-likeness (QED) is 0.384. The van der Waals surface area contributed by atoms with E-state index >= 15 is 0 Å². The predicted octanol–water partition coefficient (Wildman–Crippen LogP) is 3.69. The maximum Gasteiger partial charge on any atom is 0.321 e. The number of benzene rings is 2. The molecule has 194 valence electrons. The number of H-pyrrole nitrogens is 1. The summed E-state index contributed by atoms with van der Waals surface area (Å²) in [6.45, 7) is 0.736. The van der Waals surface area contributed by atoms with Crippen molar-refractivity contribution in [3.05, 3.63) is 89.6 Å². The summed E-state index contributed by atoms with van der Waals surface area (Å²) in [6.07, 6.45) is 3.12. The topological polar surface area (TPSA) is 111 Å². The number of carbonyl (C=O) groups is 2. The third-order valence-corrected chi connectivity index (χ3v) is 7.46. The van der Waals surface area contributed by atoms with Gasteiger partial charge in [-0.2, -0.15) is 0 Å². The fraction of sp³-hybridized carbons (Fsp3) is 0.250. The van der Waals surface area contributed by atoms with E-state index in [0.717, 1.165) is 22.2 Å². The number of anilines is 1. The molecule has 1 saturated heterocycles. The van der Waals surface area contributed by atoms with Crippen LogP contribution in [0.15, 0.2) is 67.0 Å². The first-order valence-corrected chi connectivity index (χ1v) is 12.3. The van der Waals surface area contributed by atoms with Crippen LogP contribution in [0, 0.1) is 5.82 Å². The maximum atomic E-state index is 13.6. The molecule has 10 heteroatoms. The summed E-state index contributed by atoms with van der Waals surface area (Å²) in [5.41, 5.74) is 2.84. The second kappa shape index (κ2) is 9.14. The van der Waals surface area contributed by atoms with Crippen LogP contribution in [0.2, 0.25) is 0 Å². The Morgan fingerprint density at radius 1 is 1.16 bits per heavy atom. The van der Waals surface area contributed by atoms with Gasteiger partial charge in [0.05, 0.1) is 25.2 Å². The highest BCUT2D eigenvalue weighted by molar-refractivity contribution is 5.96. The number of aromatic nitrogens is 2. The van der Waals surface area contributed by atoms with Crippen molar-refractivity contribution in [3.63, 3.8) is 0 Å². The van der Waals surface area contributed by atoms with Gasteiger partial charge in [-0.05, 0) is 48.0 Å². The van der Waals surface area contributed by atoms with Crippen molar-refractivity contribution < 1.29 is 23.8 Å². The fourth-order valence-corrected chi connectivity index (χ4v) is 5.74. The first-order chi connectivity index (χ1) is 18.4. The van der Waals surface area contributed by atoms with Crippen molar-refractivity contribution in [1.29, 1.82) is 0 Å². The molecule has 1 spiro atoms. The Kier molecular flexibility index (Phi) is 5.76. The van der Waals surface area contributed by atoms with Gasteiger partial charge < -0.3 is 29.9 Å². The van der Waals surface area contributed by atoms with E-state index in [1.165, 1.54) is 18.2 Å². The Morgan fingerprint density at radius 2 is 1.95 bits per heavy atom. The molecule has 0 unspecified atom stereocenters. The molecular weight excluding hydrogens is 489 g/mol. The molecule has 4 heterocycles. The van der Waals surface area contributed by atoms with Crippen molar-refractivity contribution in [2.75, 3.05) is 38.7 Å². The second-order valence-corrected chi connectivity index (χ2v) is 9.77. The lowest BCUT2D eigenvalue weighted by Gasteiger charge is -2.55. The summed E-state index contributed by atoms with van der Waals surface area (Å²) in [6, 6.07) is 13.8. The van der Waals surface area contributed by atoms with Gasteiger partial charge in [0.15, 0.2) is 0 Å². The zero-order valence-electron chi connectivity index (χ0n) is 20.6. The maximum absolute atomic E-state index is 13.6. The van der Waals surface area contributed by atoms with Crippen molar-refractivity contribution in [2.24, 2.45) is 0 Å². The van der Waals surface area contributed by atoms with Gasteiger partial charge in [0, 0.05) is 65.9 Å². The molecule has 0 saturated carbocycles. The van der Waals surface area contributed by atoms with E-state index < -0.39 is 17.3 Å². The van der Waals surface area contributed by atoms with Crippen molar-refractivity contribution in [2.45, 2.75) is 11.5 Å². The Labute approximate surface area is 217 Å². The molecule has 6 rings (SSSR count). The van der Waals surface area contributed by atoms with Gasteiger partial charge in [0.1, 0.15) is 11.6 Å². The first kappa shape index (κ1) is 23.9. The van der Waals surface area contributed by atoms with E-state index in [9.17, 15) is 19.1 Å². The van der Waals surface area contributed by atoms with Crippen LogP contribution in [-0.4, -0.2) is 70.2 Å². The van der Waals surface area contributed by atoms with Crippen LogP contribution in [0.25, 0.3) is 10.9 Å². The molecule has 1 fully saturated rings. The number of ether oxygens (including phenoxy) is 1. The first-order valence-electron chi connectivity index (χ1n) is 12.3. The van der Waals surface area contributed by atoms with Gasteiger partial charge in [-0.15, -0.1) is 0 Å². The number of urea groups is 1. The number of fused-ring (bicyclic) bond motifs is 4. The summed E-state index contributed by atoms with van der Waals surface area (Å²) in [4.78, 5) is 37.4. The Balaban J connectivity index is 1.38. The van der Waals surface area contributed by atoms with E-state index in [1.54, 1.807) is 47.5 Å². The number of amides is 3. The minimum absolute atomic E-state index is 0.227.